The minimum atomic E-state index is -0.876. The molecule has 0 amide bonds. The third-order valence-electron chi connectivity index (χ3n) is 3.77. The van der Waals surface area contributed by atoms with Gasteiger partial charge in [0.15, 0.2) is 0 Å². The van der Waals surface area contributed by atoms with Crippen molar-refractivity contribution in [3.05, 3.63) is 57.6 Å². The highest BCUT2D eigenvalue weighted by Crippen LogP contribution is 2.30. The molecule has 3 rings (SSSR count). The van der Waals surface area contributed by atoms with Crippen molar-refractivity contribution >= 4 is 12.0 Å². The van der Waals surface area contributed by atoms with Gasteiger partial charge in [-0.3, -0.25) is 15.1 Å². The van der Waals surface area contributed by atoms with Crippen molar-refractivity contribution in [3.8, 4) is 5.75 Å². The normalized spacial score (nSPS) is 22.5. The SMILES string of the molecule is Cc1c(OC2=CC3N=CN(C)C3C=C2)ccc([N+](=O)[O-])c1F. The van der Waals surface area contributed by atoms with Gasteiger partial charge in [0.25, 0.3) is 0 Å². The molecule has 2 unspecified atom stereocenters. The first kappa shape index (κ1) is 14.2. The summed E-state index contributed by atoms with van der Waals surface area (Å²) in [5.41, 5.74) is -0.447. The van der Waals surface area contributed by atoms with E-state index in [4.69, 9.17) is 4.74 Å². The summed E-state index contributed by atoms with van der Waals surface area (Å²) in [5.74, 6) is -0.0720. The molecule has 0 aromatic heterocycles. The molecule has 1 aromatic carbocycles. The third-order valence-corrected chi connectivity index (χ3v) is 3.77. The van der Waals surface area contributed by atoms with E-state index in [-0.39, 0.29) is 23.4 Å². The molecule has 0 fully saturated rings. The summed E-state index contributed by atoms with van der Waals surface area (Å²) in [5, 5.41) is 10.7. The molecule has 114 valence electrons. The van der Waals surface area contributed by atoms with E-state index < -0.39 is 16.4 Å². The van der Waals surface area contributed by atoms with Crippen LogP contribution in [-0.4, -0.2) is 35.3 Å². The van der Waals surface area contributed by atoms with Crippen molar-refractivity contribution in [1.82, 2.24) is 4.90 Å². The van der Waals surface area contributed by atoms with Crippen LogP contribution in [0.3, 0.4) is 0 Å². The second-order valence-electron chi connectivity index (χ2n) is 5.22. The van der Waals surface area contributed by atoms with Gasteiger partial charge in [0.2, 0.25) is 5.82 Å². The van der Waals surface area contributed by atoms with E-state index in [1.54, 1.807) is 12.4 Å². The Hall–Kier alpha value is -2.70. The molecule has 1 aliphatic heterocycles. The molecule has 0 spiro atoms. The molecular formula is C15H14FN3O3. The van der Waals surface area contributed by atoms with Crippen LogP contribution < -0.4 is 4.74 Å². The number of likely N-dealkylation sites (N-methyl/N-ethyl adjacent to an activating group) is 1. The lowest BCUT2D eigenvalue weighted by molar-refractivity contribution is -0.387. The zero-order chi connectivity index (χ0) is 15.9. The Bertz CT molecular complexity index is 727. The summed E-state index contributed by atoms with van der Waals surface area (Å²) in [6, 6.07) is 2.64. The number of halogens is 1. The van der Waals surface area contributed by atoms with Gasteiger partial charge in [-0.15, -0.1) is 0 Å². The Morgan fingerprint density at radius 1 is 1.45 bits per heavy atom. The van der Waals surface area contributed by atoms with Crippen molar-refractivity contribution in [1.29, 1.82) is 0 Å². The number of nitro benzene ring substituents is 1. The molecule has 1 aliphatic carbocycles. The Balaban J connectivity index is 1.84. The number of benzene rings is 1. The fraction of sp³-hybridized carbons (Fsp3) is 0.267. The van der Waals surface area contributed by atoms with E-state index in [1.165, 1.54) is 13.0 Å². The monoisotopic (exact) mass is 303 g/mol. The average Bonchev–Trinajstić information content (AvgIpc) is 2.85. The highest BCUT2D eigenvalue weighted by atomic mass is 19.1. The van der Waals surface area contributed by atoms with Crippen LogP contribution in [0.15, 0.2) is 41.1 Å². The van der Waals surface area contributed by atoms with Crippen LogP contribution in [0.1, 0.15) is 5.56 Å². The molecule has 0 N–H and O–H groups in total. The highest BCUT2D eigenvalue weighted by Gasteiger charge is 2.28. The Morgan fingerprint density at radius 3 is 2.95 bits per heavy atom. The van der Waals surface area contributed by atoms with E-state index in [1.807, 2.05) is 24.1 Å². The first-order valence-corrected chi connectivity index (χ1v) is 6.74. The highest BCUT2D eigenvalue weighted by molar-refractivity contribution is 5.61. The maximum Gasteiger partial charge on any atom is 0.305 e. The first-order valence-electron chi connectivity index (χ1n) is 6.74. The van der Waals surface area contributed by atoms with Gasteiger partial charge < -0.3 is 9.64 Å². The summed E-state index contributed by atoms with van der Waals surface area (Å²) < 4.78 is 19.6. The van der Waals surface area contributed by atoms with E-state index in [9.17, 15) is 14.5 Å². The number of hydrogen-bond acceptors (Lipinski definition) is 5. The van der Waals surface area contributed by atoms with Crippen LogP contribution in [0.4, 0.5) is 10.1 Å². The molecule has 1 heterocycles. The zero-order valence-electron chi connectivity index (χ0n) is 12.1. The van der Waals surface area contributed by atoms with Gasteiger partial charge in [-0.05, 0) is 25.1 Å². The Labute approximate surface area is 126 Å². The van der Waals surface area contributed by atoms with Crippen LogP contribution >= 0.6 is 0 Å². The number of allylic oxidation sites excluding steroid dienone is 1. The minimum Gasteiger partial charge on any atom is -0.457 e. The third kappa shape index (κ3) is 2.34. The molecule has 0 saturated heterocycles. The van der Waals surface area contributed by atoms with Gasteiger partial charge in [0.05, 0.1) is 23.3 Å². The summed E-state index contributed by atoms with van der Waals surface area (Å²) in [4.78, 5) is 16.3. The second-order valence-corrected chi connectivity index (χ2v) is 5.22. The number of ether oxygens (including phenoxy) is 1. The van der Waals surface area contributed by atoms with Crippen LogP contribution in [0, 0.1) is 22.9 Å². The van der Waals surface area contributed by atoms with Crippen molar-refractivity contribution in [2.75, 3.05) is 7.05 Å². The molecule has 22 heavy (non-hydrogen) atoms. The minimum absolute atomic E-state index is 0.0341. The number of nitrogens with zero attached hydrogens (tertiary/aromatic N) is 3. The first-order chi connectivity index (χ1) is 10.5. The van der Waals surface area contributed by atoms with Crippen LogP contribution in [-0.2, 0) is 0 Å². The molecule has 0 saturated carbocycles. The average molecular weight is 303 g/mol. The number of hydrogen-bond donors (Lipinski definition) is 0. The molecule has 6 nitrogen and oxygen atoms in total. The number of nitro groups is 1. The molecule has 0 bridgehead atoms. The lowest BCUT2D eigenvalue weighted by Gasteiger charge is -2.23. The van der Waals surface area contributed by atoms with Crippen molar-refractivity contribution in [2.24, 2.45) is 4.99 Å². The van der Waals surface area contributed by atoms with Crippen LogP contribution in [0.5, 0.6) is 5.75 Å². The number of fused-ring (bicyclic) bond motifs is 1. The van der Waals surface area contributed by atoms with E-state index >= 15 is 0 Å². The lowest BCUT2D eigenvalue weighted by atomic mass is 10.0. The van der Waals surface area contributed by atoms with E-state index in [0.29, 0.717) is 5.76 Å². The predicted molar refractivity (Wildman–Crippen MR) is 79.5 cm³/mol. The number of aliphatic imine (C=N–C) groups is 1. The predicted octanol–water partition coefficient (Wildman–Crippen LogP) is 2.59. The van der Waals surface area contributed by atoms with E-state index in [2.05, 4.69) is 4.99 Å². The fourth-order valence-electron chi connectivity index (χ4n) is 2.50. The van der Waals surface area contributed by atoms with Crippen LogP contribution in [0.2, 0.25) is 0 Å². The van der Waals surface area contributed by atoms with Gasteiger partial charge in [0, 0.05) is 18.7 Å². The maximum atomic E-state index is 13.9. The summed E-state index contributed by atoms with van der Waals surface area (Å²) in [6.45, 7) is 1.45. The molecule has 2 atom stereocenters. The van der Waals surface area contributed by atoms with Crippen molar-refractivity contribution in [3.63, 3.8) is 0 Å². The zero-order valence-corrected chi connectivity index (χ0v) is 12.1. The smallest absolute Gasteiger partial charge is 0.305 e. The largest absolute Gasteiger partial charge is 0.457 e. The van der Waals surface area contributed by atoms with Gasteiger partial charge >= 0.3 is 5.69 Å². The Morgan fingerprint density at radius 2 is 2.23 bits per heavy atom. The van der Waals surface area contributed by atoms with Crippen LogP contribution in [0.25, 0.3) is 0 Å². The molecule has 1 aromatic rings. The lowest BCUT2D eigenvalue weighted by Crippen LogP contribution is -2.32. The quantitative estimate of drug-likeness (QED) is 0.636. The number of rotatable bonds is 3. The fourth-order valence-corrected chi connectivity index (χ4v) is 2.50. The maximum absolute atomic E-state index is 13.9. The van der Waals surface area contributed by atoms with E-state index in [0.717, 1.165) is 6.07 Å². The summed E-state index contributed by atoms with van der Waals surface area (Å²) in [6.07, 6.45) is 7.37. The molecule has 2 aliphatic rings. The topological polar surface area (TPSA) is 68.0 Å². The second kappa shape index (κ2) is 5.25. The standard InChI is InChI=1S/C15H14FN3O3/c1-9-14(6-5-13(15(9)16)19(20)21)22-10-3-4-12-11(7-10)17-8-18(12)2/h3-8,11-12H,1-2H3. The molecular weight excluding hydrogens is 289 g/mol. The van der Waals surface area contributed by atoms with Gasteiger partial charge in [0.1, 0.15) is 11.5 Å². The summed E-state index contributed by atoms with van der Waals surface area (Å²) >= 11 is 0. The molecule has 7 heteroatoms. The summed E-state index contributed by atoms with van der Waals surface area (Å²) in [7, 11) is 1.94. The Kier molecular flexibility index (Phi) is 3.40. The van der Waals surface area contributed by atoms with Gasteiger partial charge in [-0.2, -0.15) is 4.39 Å². The van der Waals surface area contributed by atoms with Gasteiger partial charge in [-0.1, -0.05) is 6.08 Å². The van der Waals surface area contributed by atoms with Gasteiger partial charge in [-0.25, -0.2) is 0 Å². The molecule has 0 radical (unpaired) electrons. The van der Waals surface area contributed by atoms with Crippen molar-refractivity contribution < 1.29 is 14.1 Å². The van der Waals surface area contributed by atoms with Crippen molar-refractivity contribution in [2.45, 2.75) is 19.0 Å².